The number of hydrogen-bond acceptors (Lipinski definition) is 3. The number of carbonyl (C=O) groups excluding carboxylic acids is 2. The van der Waals surface area contributed by atoms with Crippen LogP contribution in [0.25, 0.3) is 0 Å². The third-order valence-electron chi connectivity index (χ3n) is 6.62. The highest BCUT2D eigenvalue weighted by Crippen LogP contribution is 2.37. The molecule has 1 heterocycles. The summed E-state index contributed by atoms with van der Waals surface area (Å²) in [6, 6.07) is 16.7. The number of aliphatic imine (C=N–C) groups is 1. The molecular weight excluding hydrogens is 536 g/mol. The topological polar surface area (TPSA) is 61.8 Å². The standard InChI is InChI=1S/C29H25F6N3O2/c1-3-17(2)38-23-12-8-7-11-21(23)25(18-9-5-4-6-10-18)37-26(27(38)40)36-24(39)15-19-13-14-20(28(30,31)32)16-22(19)29(33,34)35/h4-14,16-17,26H,3,15H2,1-2H3,(H,36,39). The van der Waals surface area contributed by atoms with Crippen LogP contribution < -0.4 is 10.2 Å². The lowest BCUT2D eigenvalue weighted by molar-refractivity contribution is -0.143. The van der Waals surface area contributed by atoms with Crippen LogP contribution in [0.2, 0.25) is 0 Å². The quantitative estimate of drug-likeness (QED) is 0.355. The van der Waals surface area contributed by atoms with Crippen LogP contribution in [0.4, 0.5) is 32.0 Å². The number of hydrogen-bond donors (Lipinski definition) is 1. The van der Waals surface area contributed by atoms with E-state index in [4.69, 9.17) is 0 Å². The first-order chi connectivity index (χ1) is 18.8. The molecule has 0 aromatic heterocycles. The fourth-order valence-electron chi connectivity index (χ4n) is 4.49. The Kier molecular flexibility index (Phi) is 8.04. The Morgan fingerprint density at radius 1 is 0.950 bits per heavy atom. The molecule has 0 fully saturated rings. The maximum absolute atomic E-state index is 13.8. The van der Waals surface area contributed by atoms with E-state index < -0.39 is 53.4 Å². The van der Waals surface area contributed by atoms with Crippen LogP contribution in [-0.2, 0) is 28.4 Å². The van der Waals surface area contributed by atoms with E-state index in [2.05, 4.69) is 10.3 Å². The Bertz CT molecular complexity index is 1430. The van der Waals surface area contributed by atoms with Gasteiger partial charge in [-0.2, -0.15) is 26.3 Å². The minimum Gasteiger partial charge on any atom is -0.326 e. The Hall–Kier alpha value is -4.15. The number of amides is 2. The molecular formula is C29H25F6N3O2. The fraction of sp³-hybridized carbons (Fsp3) is 0.276. The zero-order valence-electron chi connectivity index (χ0n) is 21.5. The Morgan fingerprint density at radius 2 is 1.60 bits per heavy atom. The van der Waals surface area contributed by atoms with Gasteiger partial charge in [0.1, 0.15) is 0 Å². The number of halogens is 6. The highest BCUT2D eigenvalue weighted by Gasteiger charge is 2.39. The molecule has 2 amide bonds. The predicted molar refractivity (Wildman–Crippen MR) is 138 cm³/mol. The summed E-state index contributed by atoms with van der Waals surface area (Å²) in [5, 5.41) is 2.42. The van der Waals surface area contributed by atoms with E-state index in [-0.39, 0.29) is 12.1 Å². The smallest absolute Gasteiger partial charge is 0.326 e. The van der Waals surface area contributed by atoms with E-state index in [1.807, 2.05) is 13.8 Å². The molecule has 40 heavy (non-hydrogen) atoms. The second-order valence-corrected chi connectivity index (χ2v) is 9.34. The summed E-state index contributed by atoms with van der Waals surface area (Å²) in [5.74, 6) is -1.60. The minimum atomic E-state index is -5.14. The molecule has 5 nitrogen and oxygen atoms in total. The first-order valence-corrected chi connectivity index (χ1v) is 12.4. The van der Waals surface area contributed by atoms with E-state index >= 15 is 0 Å². The summed E-state index contributed by atoms with van der Waals surface area (Å²) in [5.41, 5.74) is -1.49. The average Bonchev–Trinajstić information content (AvgIpc) is 3.02. The number of anilines is 1. The lowest BCUT2D eigenvalue weighted by Crippen LogP contribution is -2.50. The van der Waals surface area contributed by atoms with Crippen molar-refractivity contribution in [3.8, 4) is 0 Å². The van der Waals surface area contributed by atoms with Crippen molar-refractivity contribution in [3.05, 3.63) is 101 Å². The van der Waals surface area contributed by atoms with Crippen molar-refractivity contribution in [1.82, 2.24) is 5.32 Å². The van der Waals surface area contributed by atoms with Crippen LogP contribution in [-0.4, -0.2) is 29.7 Å². The van der Waals surface area contributed by atoms with Crippen LogP contribution in [0, 0.1) is 0 Å². The van der Waals surface area contributed by atoms with Gasteiger partial charge < -0.3 is 10.2 Å². The number of benzene rings is 3. The van der Waals surface area contributed by atoms with E-state index in [0.29, 0.717) is 41.1 Å². The zero-order valence-corrected chi connectivity index (χ0v) is 21.5. The van der Waals surface area contributed by atoms with Gasteiger partial charge in [-0.1, -0.05) is 61.5 Å². The highest BCUT2D eigenvalue weighted by atomic mass is 19.4. The molecule has 0 radical (unpaired) electrons. The molecule has 0 spiro atoms. The van der Waals surface area contributed by atoms with Gasteiger partial charge in [-0.05, 0) is 37.1 Å². The van der Waals surface area contributed by atoms with E-state index in [1.54, 1.807) is 54.6 Å². The molecule has 0 saturated heterocycles. The molecule has 1 N–H and O–H groups in total. The molecule has 0 aliphatic carbocycles. The molecule has 1 aliphatic rings. The van der Waals surface area contributed by atoms with Crippen molar-refractivity contribution < 1.29 is 35.9 Å². The van der Waals surface area contributed by atoms with Crippen molar-refractivity contribution >= 4 is 23.2 Å². The summed E-state index contributed by atoms with van der Waals surface area (Å²) < 4.78 is 80.1. The van der Waals surface area contributed by atoms with E-state index in [9.17, 15) is 35.9 Å². The van der Waals surface area contributed by atoms with Crippen molar-refractivity contribution in [3.63, 3.8) is 0 Å². The summed E-state index contributed by atoms with van der Waals surface area (Å²) in [4.78, 5) is 32.8. The van der Waals surface area contributed by atoms with Crippen molar-refractivity contribution in [2.24, 2.45) is 4.99 Å². The van der Waals surface area contributed by atoms with Crippen LogP contribution in [0.15, 0.2) is 77.8 Å². The van der Waals surface area contributed by atoms with Gasteiger partial charge in [0.25, 0.3) is 5.91 Å². The van der Waals surface area contributed by atoms with Gasteiger partial charge in [0, 0.05) is 17.2 Å². The molecule has 4 rings (SSSR count). The van der Waals surface area contributed by atoms with Crippen LogP contribution in [0.1, 0.15) is 48.1 Å². The maximum Gasteiger partial charge on any atom is 0.416 e. The number of carbonyl (C=O) groups is 2. The summed E-state index contributed by atoms with van der Waals surface area (Å²) >= 11 is 0. The lowest BCUT2D eigenvalue weighted by atomic mass is 9.99. The molecule has 3 aromatic carbocycles. The van der Waals surface area contributed by atoms with E-state index in [1.165, 1.54) is 4.90 Å². The first kappa shape index (κ1) is 28.8. The number of rotatable bonds is 6. The maximum atomic E-state index is 13.8. The number of para-hydroxylation sites is 1. The number of nitrogens with zero attached hydrogens (tertiary/aromatic N) is 2. The molecule has 1 aliphatic heterocycles. The average molecular weight is 562 g/mol. The second kappa shape index (κ2) is 11.1. The molecule has 2 atom stereocenters. The number of fused-ring (bicyclic) bond motifs is 1. The molecule has 0 bridgehead atoms. The van der Waals surface area contributed by atoms with Gasteiger partial charge in [-0.25, -0.2) is 4.99 Å². The molecule has 3 aromatic rings. The van der Waals surface area contributed by atoms with Gasteiger partial charge in [0.15, 0.2) is 0 Å². The summed E-state index contributed by atoms with van der Waals surface area (Å²) in [6.07, 6.45) is -12.0. The SMILES string of the molecule is CCC(C)N1C(=O)C(NC(=O)Cc2ccc(C(F)(F)F)cc2C(F)(F)F)N=C(c2ccccc2)c2ccccc21. The first-order valence-electron chi connectivity index (χ1n) is 12.4. The van der Waals surface area contributed by atoms with Crippen LogP contribution >= 0.6 is 0 Å². The van der Waals surface area contributed by atoms with Gasteiger partial charge in [0.05, 0.1) is 28.9 Å². The van der Waals surface area contributed by atoms with Crippen molar-refractivity contribution in [1.29, 1.82) is 0 Å². The number of benzodiazepines with no additional fused rings is 1. The lowest BCUT2D eigenvalue weighted by Gasteiger charge is -2.30. The third kappa shape index (κ3) is 6.03. The second-order valence-electron chi connectivity index (χ2n) is 9.34. The number of nitrogens with one attached hydrogen (secondary N) is 1. The van der Waals surface area contributed by atoms with Crippen LogP contribution in [0.5, 0.6) is 0 Å². The normalized spacial score (nSPS) is 16.6. The van der Waals surface area contributed by atoms with Crippen LogP contribution in [0.3, 0.4) is 0 Å². The third-order valence-corrected chi connectivity index (χ3v) is 6.62. The fourth-order valence-corrected chi connectivity index (χ4v) is 4.49. The summed E-state index contributed by atoms with van der Waals surface area (Å²) in [7, 11) is 0. The number of alkyl halides is 6. The Balaban J connectivity index is 1.74. The predicted octanol–water partition coefficient (Wildman–Crippen LogP) is 6.39. The van der Waals surface area contributed by atoms with Gasteiger partial charge in [0.2, 0.25) is 12.1 Å². The largest absolute Gasteiger partial charge is 0.416 e. The molecule has 0 saturated carbocycles. The molecule has 2 unspecified atom stereocenters. The van der Waals surface area contributed by atoms with Crippen molar-refractivity contribution in [2.45, 2.75) is 51.2 Å². The van der Waals surface area contributed by atoms with Gasteiger partial charge >= 0.3 is 12.4 Å². The van der Waals surface area contributed by atoms with E-state index in [0.717, 1.165) is 0 Å². The Labute approximate surface area is 226 Å². The Morgan fingerprint density at radius 3 is 2.23 bits per heavy atom. The molecule has 11 heteroatoms. The minimum absolute atomic E-state index is 0.0214. The zero-order chi connectivity index (χ0) is 29.2. The highest BCUT2D eigenvalue weighted by molar-refractivity contribution is 6.20. The van der Waals surface area contributed by atoms with Gasteiger partial charge in [-0.3, -0.25) is 9.59 Å². The van der Waals surface area contributed by atoms with Gasteiger partial charge in [-0.15, -0.1) is 0 Å². The summed E-state index contributed by atoms with van der Waals surface area (Å²) in [6.45, 7) is 3.69. The monoisotopic (exact) mass is 561 g/mol. The van der Waals surface area contributed by atoms with Crippen molar-refractivity contribution in [2.75, 3.05) is 4.90 Å². The molecule has 210 valence electrons.